The first-order valence-electron chi connectivity index (χ1n) is 11.2. The Morgan fingerprint density at radius 2 is 1.72 bits per heavy atom. The molecule has 1 spiro atoms. The third kappa shape index (κ3) is 4.31. The number of carbonyl (C=O) groups excluding carboxylic acids is 3. The van der Waals surface area contributed by atoms with Crippen LogP contribution in [0.2, 0.25) is 0 Å². The quantitative estimate of drug-likeness (QED) is 0.756. The molecule has 0 radical (unpaired) electrons. The van der Waals surface area contributed by atoms with Crippen molar-refractivity contribution < 1.29 is 14.4 Å². The fourth-order valence-electron chi connectivity index (χ4n) is 4.69. The van der Waals surface area contributed by atoms with Gasteiger partial charge in [0.1, 0.15) is 6.04 Å². The fraction of sp³-hybridized carbons (Fsp3) is 0.346. The predicted octanol–water partition coefficient (Wildman–Crippen LogP) is 3.80. The highest BCUT2D eigenvalue weighted by molar-refractivity contribution is 5.90. The molecule has 0 aromatic heterocycles. The van der Waals surface area contributed by atoms with E-state index >= 15 is 0 Å². The molecule has 2 N–H and O–H groups in total. The lowest BCUT2D eigenvalue weighted by atomic mass is 9.74. The molecule has 0 saturated carbocycles. The summed E-state index contributed by atoms with van der Waals surface area (Å²) >= 11 is 0. The molecule has 1 unspecified atom stereocenters. The number of allylic oxidation sites excluding steroid dienone is 1. The van der Waals surface area contributed by atoms with Crippen molar-refractivity contribution >= 4 is 29.5 Å². The molecule has 6 heteroatoms. The van der Waals surface area contributed by atoms with Crippen LogP contribution in [0.25, 0.3) is 6.08 Å². The molecule has 6 nitrogen and oxygen atoms in total. The van der Waals surface area contributed by atoms with Crippen molar-refractivity contribution in [3.05, 3.63) is 71.3 Å². The van der Waals surface area contributed by atoms with Gasteiger partial charge in [-0.3, -0.25) is 14.4 Å². The van der Waals surface area contributed by atoms with E-state index in [1.165, 1.54) is 18.1 Å². The molecule has 32 heavy (non-hydrogen) atoms. The van der Waals surface area contributed by atoms with Gasteiger partial charge >= 0.3 is 0 Å². The van der Waals surface area contributed by atoms with Gasteiger partial charge in [0.2, 0.25) is 17.7 Å². The Morgan fingerprint density at radius 1 is 1.03 bits per heavy atom. The number of benzene rings is 2. The topological polar surface area (TPSA) is 78.5 Å². The Morgan fingerprint density at radius 3 is 2.38 bits per heavy atom. The minimum absolute atomic E-state index is 0.00442. The lowest BCUT2D eigenvalue weighted by molar-refractivity contribution is -0.137. The van der Waals surface area contributed by atoms with E-state index in [1.807, 2.05) is 4.90 Å². The van der Waals surface area contributed by atoms with Gasteiger partial charge in [0.05, 0.1) is 0 Å². The molecule has 1 aliphatic heterocycles. The predicted molar refractivity (Wildman–Crippen MR) is 125 cm³/mol. The minimum Gasteiger partial charge on any atom is -0.341 e. The Kier molecular flexibility index (Phi) is 6.12. The monoisotopic (exact) mass is 431 g/mol. The Hall–Kier alpha value is -3.41. The average Bonchev–Trinajstić information content (AvgIpc) is 3.16. The Balaban J connectivity index is 1.50. The SMILES string of the molecule is CCC(=O)NC(C(=O)N1CCC2(C=Cc3ccccc32)CC1)c1ccc(NC(C)=O)cc1. The molecule has 1 saturated heterocycles. The van der Waals surface area contributed by atoms with Crippen LogP contribution in [0.4, 0.5) is 5.69 Å². The molecule has 1 atom stereocenters. The van der Waals surface area contributed by atoms with Crippen molar-refractivity contribution in [2.75, 3.05) is 18.4 Å². The summed E-state index contributed by atoms with van der Waals surface area (Å²) in [5.74, 6) is -0.422. The van der Waals surface area contributed by atoms with Crippen LogP contribution < -0.4 is 10.6 Å². The van der Waals surface area contributed by atoms with E-state index in [9.17, 15) is 14.4 Å². The van der Waals surface area contributed by atoms with Crippen molar-refractivity contribution in [1.82, 2.24) is 10.2 Å². The van der Waals surface area contributed by atoms with Crippen molar-refractivity contribution in [3.8, 4) is 0 Å². The normalized spacial score (nSPS) is 17.0. The lowest BCUT2D eigenvalue weighted by Gasteiger charge is -2.40. The van der Waals surface area contributed by atoms with Crippen molar-refractivity contribution in [2.24, 2.45) is 0 Å². The zero-order valence-corrected chi connectivity index (χ0v) is 18.6. The molecule has 166 valence electrons. The van der Waals surface area contributed by atoms with Gasteiger partial charge in [0.25, 0.3) is 0 Å². The highest BCUT2D eigenvalue weighted by Crippen LogP contribution is 2.43. The zero-order valence-electron chi connectivity index (χ0n) is 18.6. The maximum atomic E-state index is 13.5. The number of carbonyl (C=O) groups is 3. The van der Waals surface area contributed by atoms with Crippen molar-refractivity contribution in [1.29, 1.82) is 0 Å². The summed E-state index contributed by atoms with van der Waals surface area (Å²) in [5.41, 5.74) is 3.96. The standard InChI is InChI=1S/C26H29N3O3/c1-3-23(31)28-24(20-8-10-21(11-9-20)27-18(2)30)25(32)29-16-14-26(15-17-29)13-12-19-6-4-5-7-22(19)26/h4-13,24H,3,14-17H2,1-2H3,(H,27,30)(H,28,31). The lowest BCUT2D eigenvalue weighted by Crippen LogP contribution is -2.48. The van der Waals surface area contributed by atoms with Crippen LogP contribution in [0.3, 0.4) is 0 Å². The summed E-state index contributed by atoms with van der Waals surface area (Å²) in [6.45, 7) is 4.49. The smallest absolute Gasteiger partial charge is 0.249 e. The third-order valence-corrected chi connectivity index (χ3v) is 6.48. The Bertz CT molecular complexity index is 1050. The number of likely N-dealkylation sites (tertiary alicyclic amines) is 1. The summed E-state index contributed by atoms with van der Waals surface area (Å²) < 4.78 is 0. The number of anilines is 1. The first-order valence-corrected chi connectivity index (χ1v) is 11.2. The van der Waals surface area contributed by atoms with E-state index in [2.05, 4.69) is 47.1 Å². The molecule has 1 aliphatic carbocycles. The van der Waals surface area contributed by atoms with Crippen LogP contribution in [-0.4, -0.2) is 35.7 Å². The van der Waals surface area contributed by atoms with Crippen LogP contribution in [0.15, 0.2) is 54.6 Å². The van der Waals surface area contributed by atoms with Crippen LogP contribution in [0.5, 0.6) is 0 Å². The number of nitrogens with zero attached hydrogens (tertiary/aromatic N) is 1. The third-order valence-electron chi connectivity index (χ3n) is 6.48. The molecule has 1 heterocycles. The summed E-state index contributed by atoms with van der Waals surface area (Å²) in [7, 11) is 0. The zero-order chi connectivity index (χ0) is 22.7. The molecule has 1 fully saturated rings. The van der Waals surface area contributed by atoms with Gasteiger partial charge in [0.15, 0.2) is 0 Å². The van der Waals surface area contributed by atoms with Gasteiger partial charge in [-0.1, -0.05) is 55.5 Å². The van der Waals surface area contributed by atoms with E-state index in [1.54, 1.807) is 31.2 Å². The summed E-state index contributed by atoms with van der Waals surface area (Å²) in [5, 5.41) is 5.61. The molecule has 2 aromatic rings. The van der Waals surface area contributed by atoms with Crippen LogP contribution in [-0.2, 0) is 19.8 Å². The number of fused-ring (bicyclic) bond motifs is 2. The van der Waals surface area contributed by atoms with Gasteiger partial charge < -0.3 is 15.5 Å². The van der Waals surface area contributed by atoms with Gasteiger partial charge in [0, 0.05) is 37.5 Å². The second-order valence-corrected chi connectivity index (χ2v) is 8.56. The van der Waals surface area contributed by atoms with E-state index in [0.29, 0.717) is 30.8 Å². The highest BCUT2D eigenvalue weighted by Gasteiger charge is 2.40. The van der Waals surface area contributed by atoms with Gasteiger partial charge in [-0.05, 0) is 41.7 Å². The van der Waals surface area contributed by atoms with Gasteiger partial charge in [-0.15, -0.1) is 0 Å². The number of amides is 3. The number of hydrogen-bond donors (Lipinski definition) is 2. The van der Waals surface area contributed by atoms with E-state index in [-0.39, 0.29) is 23.1 Å². The van der Waals surface area contributed by atoms with Gasteiger partial charge in [-0.2, -0.15) is 0 Å². The van der Waals surface area contributed by atoms with Crippen LogP contribution in [0.1, 0.15) is 55.8 Å². The van der Waals surface area contributed by atoms with Crippen LogP contribution >= 0.6 is 0 Å². The molecule has 2 aromatic carbocycles. The molecular weight excluding hydrogens is 402 g/mol. The molecule has 2 aliphatic rings. The molecule has 3 amide bonds. The Labute approximate surface area is 188 Å². The van der Waals surface area contributed by atoms with E-state index in [0.717, 1.165) is 12.8 Å². The average molecular weight is 432 g/mol. The number of piperidine rings is 1. The van der Waals surface area contributed by atoms with E-state index < -0.39 is 6.04 Å². The van der Waals surface area contributed by atoms with Crippen LogP contribution in [0, 0.1) is 0 Å². The summed E-state index contributed by atoms with van der Waals surface area (Å²) in [6, 6.07) is 14.8. The maximum Gasteiger partial charge on any atom is 0.249 e. The maximum absolute atomic E-state index is 13.5. The number of nitrogens with one attached hydrogen (secondary N) is 2. The number of rotatable bonds is 5. The first kappa shape index (κ1) is 21.8. The second kappa shape index (κ2) is 8.99. The van der Waals surface area contributed by atoms with Gasteiger partial charge in [-0.25, -0.2) is 0 Å². The summed E-state index contributed by atoms with van der Waals surface area (Å²) in [4.78, 5) is 38.8. The number of hydrogen-bond acceptors (Lipinski definition) is 3. The van der Waals surface area contributed by atoms with Crippen molar-refractivity contribution in [3.63, 3.8) is 0 Å². The highest BCUT2D eigenvalue weighted by atomic mass is 16.2. The minimum atomic E-state index is -0.741. The molecule has 4 rings (SSSR count). The second-order valence-electron chi connectivity index (χ2n) is 8.56. The molecule has 0 bridgehead atoms. The fourth-order valence-corrected chi connectivity index (χ4v) is 4.69. The van der Waals surface area contributed by atoms with Crippen molar-refractivity contribution in [2.45, 2.75) is 44.6 Å². The molecular formula is C26H29N3O3. The largest absolute Gasteiger partial charge is 0.341 e. The first-order chi connectivity index (χ1) is 15.4. The van der Waals surface area contributed by atoms with E-state index in [4.69, 9.17) is 0 Å². The summed E-state index contributed by atoms with van der Waals surface area (Å²) in [6.07, 6.45) is 6.51.